The molecule has 1 fully saturated rings. The van der Waals surface area contributed by atoms with Crippen LogP contribution in [0.2, 0.25) is 0 Å². The standard InChI is InChI=1S/C20H27N5O3/c1-23-13-15(26)12-17(23)20-22-21-18-6-7-24(8-9-25(18)20)19(27)11-14-4-3-5-16(10-14)28-2/h3-5,10,15,17,26H,6-9,11-13H2,1-2H3/t15-,17+/m1/s1. The highest BCUT2D eigenvalue weighted by Gasteiger charge is 2.34. The molecule has 0 aliphatic carbocycles. The van der Waals surface area contributed by atoms with E-state index in [1.807, 2.05) is 36.2 Å². The van der Waals surface area contributed by atoms with Crippen LogP contribution in [-0.2, 0) is 24.2 Å². The lowest BCUT2D eigenvalue weighted by molar-refractivity contribution is -0.130. The molecule has 8 heteroatoms. The number of likely N-dealkylation sites (N-methyl/N-ethyl adjacent to an activating group) is 1. The van der Waals surface area contributed by atoms with Gasteiger partial charge >= 0.3 is 0 Å². The molecule has 0 spiro atoms. The van der Waals surface area contributed by atoms with Crippen LogP contribution in [0.3, 0.4) is 0 Å². The molecule has 1 saturated heterocycles. The smallest absolute Gasteiger partial charge is 0.227 e. The fourth-order valence-electron chi connectivity index (χ4n) is 4.18. The number of carbonyl (C=O) groups excluding carboxylic acids is 1. The number of aliphatic hydroxyl groups is 1. The number of rotatable bonds is 4. The Morgan fingerprint density at radius 3 is 2.89 bits per heavy atom. The lowest BCUT2D eigenvalue weighted by Crippen LogP contribution is -2.35. The third-order valence-corrected chi connectivity index (χ3v) is 5.72. The van der Waals surface area contributed by atoms with E-state index in [1.165, 1.54) is 0 Å². The Labute approximate surface area is 164 Å². The molecule has 1 aromatic carbocycles. The monoisotopic (exact) mass is 385 g/mol. The predicted octanol–water partition coefficient (Wildman–Crippen LogP) is 0.652. The second-order valence-electron chi connectivity index (χ2n) is 7.63. The number of hydrogen-bond acceptors (Lipinski definition) is 6. The molecule has 2 aromatic rings. The van der Waals surface area contributed by atoms with Gasteiger partial charge in [-0.3, -0.25) is 9.69 Å². The van der Waals surface area contributed by atoms with Gasteiger partial charge in [-0.15, -0.1) is 10.2 Å². The van der Waals surface area contributed by atoms with Crippen molar-refractivity contribution < 1.29 is 14.6 Å². The van der Waals surface area contributed by atoms with Gasteiger partial charge in [-0.05, 0) is 31.2 Å². The zero-order chi connectivity index (χ0) is 19.7. The van der Waals surface area contributed by atoms with Gasteiger partial charge in [0.2, 0.25) is 5.91 Å². The number of amides is 1. The van der Waals surface area contributed by atoms with Crippen molar-refractivity contribution in [1.29, 1.82) is 0 Å². The maximum absolute atomic E-state index is 12.8. The SMILES string of the molecule is COc1cccc(CC(=O)N2CCc3nnc([C@@H]4C[C@@H](O)CN4C)n3CC2)c1. The Kier molecular flexibility index (Phi) is 5.32. The number of benzene rings is 1. The molecule has 4 rings (SSSR count). The molecule has 2 atom stereocenters. The van der Waals surface area contributed by atoms with Crippen molar-refractivity contribution in [2.75, 3.05) is 33.8 Å². The molecule has 1 aromatic heterocycles. The fraction of sp³-hybridized carbons (Fsp3) is 0.550. The number of β-amino-alcohol motifs (C(OH)–C–C–N with tert-alkyl or cyclic N) is 1. The first-order valence-electron chi connectivity index (χ1n) is 9.76. The lowest BCUT2D eigenvalue weighted by atomic mass is 10.1. The molecular weight excluding hydrogens is 358 g/mol. The highest BCUT2D eigenvalue weighted by Crippen LogP contribution is 2.30. The van der Waals surface area contributed by atoms with Crippen molar-refractivity contribution in [2.45, 2.75) is 38.0 Å². The van der Waals surface area contributed by atoms with E-state index in [2.05, 4.69) is 19.7 Å². The van der Waals surface area contributed by atoms with Gasteiger partial charge in [0.1, 0.15) is 11.6 Å². The molecule has 3 heterocycles. The van der Waals surface area contributed by atoms with Crippen LogP contribution in [0, 0.1) is 0 Å². The third-order valence-electron chi connectivity index (χ3n) is 5.72. The Morgan fingerprint density at radius 2 is 2.14 bits per heavy atom. The van der Waals surface area contributed by atoms with Crippen LogP contribution < -0.4 is 4.74 Å². The normalized spacial score (nSPS) is 22.8. The molecule has 8 nitrogen and oxygen atoms in total. The molecule has 1 N–H and O–H groups in total. The molecule has 0 bridgehead atoms. The van der Waals surface area contributed by atoms with Gasteiger partial charge in [-0.1, -0.05) is 12.1 Å². The fourth-order valence-corrected chi connectivity index (χ4v) is 4.18. The van der Waals surface area contributed by atoms with Crippen molar-refractivity contribution in [3.05, 3.63) is 41.5 Å². The van der Waals surface area contributed by atoms with Gasteiger partial charge < -0.3 is 19.3 Å². The summed E-state index contributed by atoms with van der Waals surface area (Å²) < 4.78 is 7.38. The highest BCUT2D eigenvalue weighted by atomic mass is 16.5. The van der Waals surface area contributed by atoms with Gasteiger partial charge in [-0.25, -0.2) is 0 Å². The zero-order valence-electron chi connectivity index (χ0n) is 16.4. The van der Waals surface area contributed by atoms with Crippen LogP contribution in [0.25, 0.3) is 0 Å². The Balaban J connectivity index is 1.44. The number of carbonyl (C=O) groups is 1. The van der Waals surface area contributed by atoms with E-state index in [0.29, 0.717) is 45.4 Å². The molecule has 2 aliphatic heterocycles. The van der Waals surface area contributed by atoms with Crippen molar-refractivity contribution >= 4 is 5.91 Å². The summed E-state index contributed by atoms with van der Waals surface area (Å²) in [6.45, 7) is 2.61. The molecule has 28 heavy (non-hydrogen) atoms. The molecule has 0 radical (unpaired) electrons. The van der Waals surface area contributed by atoms with Crippen LogP contribution in [0.4, 0.5) is 0 Å². The van der Waals surface area contributed by atoms with Gasteiger partial charge in [0.05, 0.1) is 25.7 Å². The van der Waals surface area contributed by atoms with Gasteiger partial charge in [0.15, 0.2) is 5.82 Å². The van der Waals surface area contributed by atoms with E-state index in [-0.39, 0.29) is 18.1 Å². The number of aromatic nitrogens is 3. The Hall–Kier alpha value is -2.45. The summed E-state index contributed by atoms with van der Waals surface area (Å²) in [5.74, 6) is 2.69. The summed E-state index contributed by atoms with van der Waals surface area (Å²) in [7, 11) is 3.63. The van der Waals surface area contributed by atoms with Crippen molar-refractivity contribution in [3.63, 3.8) is 0 Å². The topological polar surface area (TPSA) is 83.7 Å². The van der Waals surface area contributed by atoms with Crippen molar-refractivity contribution in [3.8, 4) is 5.75 Å². The van der Waals surface area contributed by atoms with Crippen LogP contribution in [0.5, 0.6) is 5.75 Å². The van der Waals surface area contributed by atoms with Gasteiger partial charge in [0, 0.05) is 32.6 Å². The number of likely N-dealkylation sites (tertiary alicyclic amines) is 1. The van der Waals surface area contributed by atoms with E-state index in [1.54, 1.807) is 7.11 Å². The van der Waals surface area contributed by atoms with Crippen LogP contribution in [0.1, 0.15) is 29.7 Å². The minimum atomic E-state index is -0.324. The summed E-state index contributed by atoms with van der Waals surface area (Å²) in [6, 6.07) is 7.72. The van der Waals surface area contributed by atoms with Crippen LogP contribution >= 0.6 is 0 Å². The Bertz CT molecular complexity index is 852. The van der Waals surface area contributed by atoms with Crippen molar-refractivity contribution in [1.82, 2.24) is 24.6 Å². The molecule has 0 unspecified atom stereocenters. The highest BCUT2D eigenvalue weighted by molar-refractivity contribution is 5.79. The lowest BCUT2D eigenvalue weighted by Gasteiger charge is -2.21. The van der Waals surface area contributed by atoms with Crippen LogP contribution in [-0.4, -0.2) is 75.5 Å². The van der Waals surface area contributed by atoms with Gasteiger partial charge in [0.25, 0.3) is 0 Å². The number of aliphatic hydroxyl groups excluding tert-OH is 1. The van der Waals surface area contributed by atoms with E-state index in [4.69, 9.17) is 4.74 Å². The van der Waals surface area contributed by atoms with Crippen LogP contribution in [0.15, 0.2) is 24.3 Å². The summed E-state index contributed by atoms with van der Waals surface area (Å²) in [6.07, 6.45) is 1.40. The molecule has 2 aliphatic rings. The largest absolute Gasteiger partial charge is 0.497 e. The minimum Gasteiger partial charge on any atom is -0.497 e. The molecule has 0 saturated carbocycles. The first-order valence-corrected chi connectivity index (χ1v) is 9.76. The summed E-state index contributed by atoms with van der Waals surface area (Å²) in [4.78, 5) is 16.9. The minimum absolute atomic E-state index is 0.0790. The number of methoxy groups -OCH3 is 1. The number of nitrogens with zero attached hydrogens (tertiary/aromatic N) is 5. The first kappa shape index (κ1) is 18.9. The Morgan fingerprint density at radius 1 is 1.29 bits per heavy atom. The average molecular weight is 385 g/mol. The van der Waals surface area contributed by atoms with E-state index < -0.39 is 0 Å². The summed E-state index contributed by atoms with van der Waals surface area (Å²) in [5.41, 5.74) is 0.954. The van der Waals surface area contributed by atoms with E-state index in [9.17, 15) is 9.90 Å². The van der Waals surface area contributed by atoms with Crippen molar-refractivity contribution in [2.24, 2.45) is 0 Å². The van der Waals surface area contributed by atoms with E-state index >= 15 is 0 Å². The second kappa shape index (κ2) is 7.89. The van der Waals surface area contributed by atoms with Gasteiger partial charge in [-0.2, -0.15) is 0 Å². The third kappa shape index (κ3) is 3.74. The predicted molar refractivity (Wildman–Crippen MR) is 103 cm³/mol. The quantitative estimate of drug-likeness (QED) is 0.832. The number of fused-ring (bicyclic) bond motifs is 1. The number of ether oxygens (including phenoxy) is 1. The maximum Gasteiger partial charge on any atom is 0.227 e. The summed E-state index contributed by atoms with van der Waals surface area (Å²) in [5, 5.41) is 18.7. The first-order chi connectivity index (χ1) is 13.5. The molecule has 150 valence electrons. The second-order valence-corrected chi connectivity index (χ2v) is 7.63. The molecule has 1 amide bonds. The average Bonchev–Trinajstić information content (AvgIpc) is 3.15. The summed E-state index contributed by atoms with van der Waals surface area (Å²) >= 11 is 0. The van der Waals surface area contributed by atoms with E-state index in [0.717, 1.165) is 23.0 Å². The maximum atomic E-state index is 12.8. The molecular formula is C20H27N5O3. The number of hydrogen-bond donors (Lipinski definition) is 1. The zero-order valence-corrected chi connectivity index (χ0v) is 16.4.